The van der Waals surface area contributed by atoms with Gasteiger partial charge < -0.3 is 25.0 Å². The number of nitrogens with zero attached hydrogens (tertiary/aromatic N) is 4. The third kappa shape index (κ3) is 6.89. The number of fused-ring (bicyclic) bond motifs is 1. The predicted octanol–water partition coefficient (Wildman–Crippen LogP) is 5.75. The summed E-state index contributed by atoms with van der Waals surface area (Å²) in [6, 6.07) is 24.2. The fourth-order valence-electron chi connectivity index (χ4n) is 5.01. The van der Waals surface area contributed by atoms with E-state index in [1.54, 1.807) is 41.0 Å². The number of carbonyl (C=O) groups is 2. The number of anilines is 2. The van der Waals surface area contributed by atoms with E-state index in [-0.39, 0.29) is 18.4 Å². The number of para-hydroxylation sites is 2. The highest BCUT2D eigenvalue weighted by atomic mass is 32.2. The molecule has 2 N–H and O–H groups in total. The van der Waals surface area contributed by atoms with E-state index < -0.39 is 6.04 Å². The number of nitrogens with one attached hydrogen (secondary N) is 2. The maximum absolute atomic E-state index is 13.9. The van der Waals surface area contributed by atoms with Gasteiger partial charge in [0, 0.05) is 24.5 Å². The largest absolute Gasteiger partial charge is 0.495 e. The minimum atomic E-state index is -0.578. The van der Waals surface area contributed by atoms with Crippen molar-refractivity contribution < 1.29 is 19.1 Å². The summed E-state index contributed by atoms with van der Waals surface area (Å²) in [6.45, 7) is 6.95. The van der Waals surface area contributed by atoms with E-state index in [0.29, 0.717) is 58.4 Å². The summed E-state index contributed by atoms with van der Waals surface area (Å²) >= 11 is 1.53. The van der Waals surface area contributed by atoms with Gasteiger partial charge in [-0.25, -0.2) is 4.68 Å². The molecule has 0 saturated carbocycles. The Balaban J connectivity index is 1.44. The van der Waals surface area contributed by atoms with Crippen LogP contribution in [0.2, 0.25) is 0 Å². The molecule has 0 saturated heterocycles. The van der Waals surface area contributed by atoms with Crippen molar-refractivity contribution in [3.8, 4) is 11.5 Å². The third-order valence-corrected chi connectivity index (χ3v) is 8.23. The van der Waals surface area contributed by atoms with Crippen molar-refractivity contribution in [2.24, 2.45) is 0 Å². The molecule has 2 amide bonds. The van der Waals surface area contributed by atoms with Crippen molar-refractivity contribution in [3.63, 3.8) is 0 Å². The Morgan fingerprint density at radius 1 is 1.00 bits per heavy atom. The Kier molecular flexibility index (Phi) is 9.86. The molecule has 0 bridgehead atoms. The number of ether oxygens (including phenoxy) is 2. The van der Waals surface area contributed by atoms with Crippen molar-refractivity contribution in [3.05, 3.63) is 101 Å². The molecular weight excluding hydrogens is 576 g/mol. The predicted molar refractivity (Wildman–Crippen MR) is 172 cm³/mol. The fourth-order valence-corrected chi connectivity index (χ4v) is 5.80. The molecule has 10 nitrogen and oxygen atoms in total. The standard InChI is InChI=1S/C33H36N6O4S/c1-5-38(6-2)28(40)20-43-25-18-16-24(17-19-25)30-29(31(41)35-26-14-10-11-15-27(26)42-4)22(3)34-32-36-33(37-39(30)32)44-21-23-12-8-7-9-13-23/h7-19,30H,5-6,20-21H2,1-4H3,(H,35,41)(H,34,36,37). The van der Waals surface area contributed by atoms with E-state index in [1.807, 2.05) is 63.2 Å². The molecule has 0 radical (unpaired) electrons. The Labute approximate surface area is 261 Å². The Hall–Kier alpha value is -4.77. The van der Waals surface area contributed by atoms with Crippen LogP contribution in [0.1, 0.15) is 37.9 Å². The van der Waals surface area contributed by atoms with Gasteiger partial charge in [-0.3, -0.25) is 9.59 Å². The third-order valence-electron chi connectivity index (χ3n) is 7.32. The summed E-state index contributed by atoms with van der Waals surface area (Å²) in [6.07, 6.45) is 0. The second-order valence-corrected chi connectivity index (χ2v) is 11.0. The second-order valence-electron chi connectivity index (χ2n) is 10.1. The topological polar surface area (TPSA) is 111 Å². The first-order valence-electron chi connectivity index (χ1n) is 14.5. The lowest BCUT2D eigenvalue weighted by atomic mass is 9.95. The van der Waals surface area contributed by atoms with Crippen LogP contribution in [-0.2, 0) is 15.3 Å². The summed E-state index contributed by atoms with van der Waals surface area (Å²) in [5.41, 5.74) is 3.68. The molecule has 0 aliphatic carbocycles. The zero-order chi connectivity index (χ0) is 31.1. The molecular formula is C33H36N6O4S. The maximum Gasteiger partial charge on any atom is 0.260 e. The van der Waals surface area contributed by atoms with E-state index in [4.69, 9.17) is 19.6 Å². The van der Waals surface area contributed by atoms with Gasteiger partial charge in [-0.05, 0) is 56.2 Å². The molecule has 0 fully saturated rings. The van der Waals surface area contributed by atoms with Gasteiger partial charge in [-0.1, -0.05) is 66.4 Å². The van der Waals surface area contributed by atoms with Crippen LogP contribution in [0.3, 0.4) is 0 Å². The van der Waals surface area contributed by atoms with Crippen LogP contribution in [0.25, 0.3) is 0 Å². The van der Waals surface area contributed by atoms with Crippen molar-refractivity contribution in [2.75, 3.05) is 37.4 Å². The average Bonchev–Trinajstić information content (AvgIpc) is 3.46. The number of benzene rings is 3. The van der Waals surface area contributed by atoms with Crippen molar-refractivity contribution in [1.29, 1.82) is 0 Å². The normalized spacial score (nSPS) is 14.0. The lowest BCUT2D eigenvalue weighted by molar-refractivity contribution is -0.133. The first kappa shape index (κ1) is 30.7. The van der Waals surface area contributed by atoms with E-state index in [9.17, 15) is 9.59 Å². The summed E-state index contributed by atoms with van der Waals surface area (Å²) in [4.78, 5) is 32.8. The Morgan fingerprint density at radius 3 is 2.41 bits per heavy atom. The number of hydrogen-bond donors (Lipinski definition) is 2. The zero-order valence-corrected chi connectivity index (χ0v) is 26.1. The number of thioether (sulfide) groups is 1. The fraction of sp³-hybridized carbons (Fsp3) is 0.273. The quantitative estimate of drug-likeness (QED) is 0.195. The summed E-state index contributed by atoms with van der Waals surface area (Å²) in [5.74, 6) is 2.00. The molecule has 2 heterocycles. The Bertz CT molecular complexity index is 1630. The number of aromatic nitrogens is 3. The highest BCUT2D eigenvalue weighted by Crippen LogP contribution is 2.38. The highest BCUT2D eigenvalue weighted by molar-refractivity contribution is 7.98. The molecule has 11 heteroatoms. The highest BCUT2D eigenvalue weighted by Gasteiger charge is 2.34. The van der Waals surface area contributed by atoms with Crippen LogP contribution >= 0.6 is 11.8 Å². The summed E-state index contributed by atoms with van der Waals surface area (Å²) < 4.78 is 13.0. The van der Waals surface area contributed by atoms with Crippen molar-refractivity contribution in [1.82, 2.24) is 19.7 Å². The molecule has 5 rings (SSSR count). The van der Waals surface area contributed by atoms with Gasteiger partial charge >= 0.3 is 0 Å². The monoisotopic (exact) mass is 612 g/mol. The smallest absolute Gasteiger partial charge is 0.260 e. The van der Waals surface area contributed by atoms with Gasteiger partial charge in [0.15, 0.2) is 6.61 Å². The number of carbonyl (C=O) groups excluding carboxylic acids is 2. The van der Waals surface area contributed by atoms with Gasteiger partial charge in [-0.2, -0.15) is 4.98 Å². The van der Waals surface area contributed by atoms with Crippen LogP contribution < -0.4 is 20.1 Å². The van der Waals surface area contributed by atoms with Gasteiger partial charge in [0.1, 0.15) is 17.5 Å². The Morgan fingerprint density at radius 2 is 1.70 bits per heavy atom. The molecule has 4 aromatic rings. The van der Waals surface area contributed by atoms with Crippen LogP contribution in [-0.4, -0.2) is 58.3 Å². The second kappa shape index (κ2) is 14.1. The number of allylic oxidation sites excluding steroid dienone is 1. The minimum Gasteiger partial charge on any atom is -0.495 e. The lowest BCUT2D eigenvalue weighted by Crippen LogP contribution is -2.34. The van der Waals surface area contributed by atoms with E-state index >= 15 is 0 Å². The van der Waals surface area contributed by atoms with Crippen LogP contribution in [0.15, 0.2) is 95.3 Å². The molecule has 1 aromatic heterocycles. The van der Waals surface area contributed by atoms with E-state index in [0.717, 1.165) is 11.1 Å². The van der Waals surface area contributed by atoms with Crippen LogP contribution in [0.4, 0.5) is 11.6 Å². The molecule has 0 spiro atoms. The van der Waals surface area contributed by atoms with Crippen molar-refractivity contribution >= 4 is 35.2 Å². The number of amides is 2. The van der Waals surface area contributed by atoms with E-state index in [2.05, 4.69) is 22.8 Å². The van der Waals surface area contributed by atoms with Gasteiger partial charge in [0.2, 0.25) is 11.1 Å². The summed E-state index contributed by atoms with van der Waals surface area (Å²) in [5, 5.41) is 11.7. The molecule has 44 heavy (non-hydrogen) atoms. The van der Waals surface area contributed by atoms with E-state index in [1.165, 1.54) is 11.8 Å². The van der Waals surface area contributed by atoms with Gasteiger partial charge in [0.25, 0.3) is 11.8 Å². The summed E-state index contributed by atoms with van der Waals surface area (Å²) in [7, 11) is 1.57. The zero-order valence-electron chi connectivity index (χ0n) is 25.2. The molecule has 1 atom stereocenters. The maximum atomic E-state index is 13.9. The number of rotatable bonds is 12. The average molecular weight is 613 g/mol. The van der Waals surface area contributed by atoms with Crippen LogP contribution in [0, 0.1) is 0 Å². The number of hydrogen-bond acceptors (Lipinski definition) is 8. The number of methoxy groups -OCH3 is 1. The molecule has 1 unspecified atom stereocenters. The van der Waals surface area contributed by atoms with Crippen molar-refractivity contribution in [2.45, 2.75) is 37.7 Å². The molecule has 3 aromatic carbocycles. The lowest BCUT2D eigenvalue weighted by Gasteiger charge is -2.29. The van der Waals surface area contributed by atoms with Gasteiger partial charge in [0.05, 0.1) is 18.4 Å². The molecule has 1 aliphatic rings. The SMILES string of the molecule is CCN(CC)C(=O)COc1ccc(C2C(C(=O)Nc3ccccc3OC)=C(C)Nc3nc(SCc4ccccc4)nn32)cc1. The number of likely N-dealkylation sites (N-methyl/N-ethyl adjacent to an activating group) is 1. The minimum absolute atomic E-state index is 0.0465. The molecule has 228 valence electrons. The van der Waals surface area contributed by atoms with Gasteiger partial charge in [-0.15, -0.1) is 5.10 Å². The first-order valence-corrected chi connectivity index (χ1v) is 15.5. The first-order chi connectivity index (χ1) is 21.4. The molecule has 1 aliphatic heterocycles. The van der Waals surface area contributed by atoms with Crippen LogP contribution in [0.5, 0.6) is 11.5 Å².